The van der Waals surface area contributed by atoms with Crippen LogP contribution in [0, 0.1) is 31.3 Å². The van der Waals surface area contributed by atoms with Gasteiger partial charge in [0.2, 0.25) is 0 Å². The molecular formula is C15H12BrF3. The van der Waals surface area contributed by atoms with Crippen molar-refractivity contribution < 1.29 is 13.2 Å². The van der Waals surface area contributed by atoms with E-state index in [4.69, 9.17) is 0 Å². The number of hydrogen-bond acceptors (Lipinski definition) is 0. The van der Waals surface area contributed by atoms with Crippen LogP contribution in [-0.4, -0.2) is 0 Å². The van der Waals surface area contributed by atoms with Gasteiger partial charge in [-0.15, -0.1) is 0 Å². The van der Waals surface area contributed by atoms with E-state index in [0.717, 1.165) is 0 Å². The van der Waals surface area contributed by atoms with Crippen LogP contribution in [-0.2, 0) is 0 Å². The van der Waals surface area contributed by atoms with E-state index in [1.54, 1.807) is 13.8 Å². The molecule has 19 heavy (non-hydrogen) atoms. The van der Waals surface area contributed by atoms with Crippen molar-refractivity contribution in [3.05, 3.63) is 70.0 Å². The van der Waals surface area contributed by atoms with Crippen molar-refractivity contribution in [2.24, 2.45) is 0 Å². The first-order valence-corrected chi connectivity index (χ1v) is 6.68. The highest BCUT2D eigenvalue weighted by Crippen LogP contribution is 2.37. The number of aryl methyl sites for hydroxylation is 2. The Balaban J connectivity index is 2.60. The Morgan fingerprint density at radius 2 is 1.37 bits per heavy atom. The minimum atomic E-state index is -0.644. The van der Waals surface area contributed by atoms with E-state index >= 15 is 0 Å². The normalized spacial score (nSPS) is 12.5. The molecule has 1 unspecified atom stereocenters. The van der Waals surface area contributed by atoms with E-state index in [-0.39, 0.29) is 11.4 Å². The van der Waals surface area contributed by atoms with Gasteiger partial charge in [0, 0.05) is 5.56 Å². The van der Waals surface area contributed by atoms with Crippen LogP contribution in [0.3, 0.4) is 0 Å². The third kappa shape index (κ3) is 2.68. The molecule has 2 rings (SSSR count). The quantitative estimate of drug-likeness (QED) is 0.664. The van der Waals surface area contributed by atoms with Crippen molar-refractivity contribution in [1.29, 1.82) is 0 Å². The SMILES string of the molecule is Cc1cc(F)cc(C)c1C(Br)c1c(F)cccc1F. The summed E-state index contributed by atoms with van der Waals surface area (Å²) in [4.78, 5) is -0.644. The van der Waals surface area contributed by atoms with Gasteiger partial charge in [-0.3, -0.25) is 0 Å². The van der Waals surface area contributed by atoms with Crippen molar-refractivity contribution >= 4 is 15.9 Å². The fourth-order valence-electron chi connectivity index (χ4n) is 2.22. The van der Waals surface area contributed by atoms with Gasteiger partial charge in [-0.05, 0) is 54.8 Å². The van der Waals surface area contributed by atoms with Crippen LogP contribution in [0.5, 0.6) is 0 Å². The van der Waals surface area contributed by atoms with Crippen LogP contribution in [0.1, 0.15) is 27.1 Å². The number of alkyl halides is 1. The van der Waals surface area contributed by atoms with Crippen molar-refractivity contribution in [3.63, 3.8) is 0 Å². The van der Waals surface area contributed by atoms with Crippen molar-refractivity contribution in [2.45, 2.75) is 18.7 Å². The molecule has 0 amide bonds. The topological polar surface area (TPSA) is 0 Å². The van der Waals surface area contributed by atoms with Crippen LogP contribution >= 0.6 is 15.9 Å². The van der Waals surface area contributed by atoms with E-state index in [1.165, 1.54) is 30.3 Å². The summed E-state index contributed by atoms with van der Waals surface area (Å²) < 4.78 is 40.8. The van der Waals surface area contributed by atoms with Crippen LogP contribution in [0.2, 0.25) is 0 Å². The van der Waals surface area contributed by atoms with E-state index in [2.05, 4.69) is 15.9 Å². The van der Waals surface area contributed by atoms with Crippen molar-refractivity contribution in [1.82, 2.24) is 0 Å². The summed E-state index contributed by atoms with van der Waals surface area (Å²) in [7, 11) is 0. The smallest absolute Gasteiger partial charge is 0.130 e. The number of rotatable bonds is 2. The highest BCUT2D eigenvalue weighted by atomic mass is 79.9. The molecule has 0 saturated carbocycles. The lowest BCUT2D eigenvalue weighted by Gasteiger charge is -2.18. The van der Waals surface area contributed by atoms with Gasteiger partial charge < -0.3 is 0 Å². The molecule has 0 saturated heterocycles. The van der Waals surface area contributed by atoms with Crippen LogP contribution in [0.4, 0.5) is 13.2 Å². The third-order valence-electron chi connectivity index (χ3n) is 3.07. The second kappa shape index (κ2) is 5.37. The third-order valence-corrected chi connectivity index (χ3v) is 3.98. The number of halogens is 4. The molecule has 0 heterocycles. The summed E-state index contributed by atoms with van der Waals surface area (Å²) in [5.74, 6) is -1.59. The Bertz CT molecular complexity index is 580. The molecule has 0 aliphatic heterocycles. The monoisotopic (exact) mass is 328 g/mol. The summed E-state index contributed by atoms with van der Waals surface area (Å²) in [5, 5.41) is 0. The molecule has 100 valence electrons. The highest BCUT2D eigenvalue weighted by molar-refractivity contribution is 9.09. The minimum absolute atomic E-state index is 0.0553. The maximum Gasteiger partial charge on any atom is 0.130 e. The molecule has 4 heteroatoms. The zero-order valence-corrected chi connectivity index (χ0v) is 12.1. The summed E-state index contributed by atoms with van der Waals surface area (Å²) in [6.45, 7) is 3.44. The molecule has 0 fully saturated rings. The maximum atomic E-state index is 13.8. The van der Waals surface area contributed by atoms with Gasteiger partial charge in [0.05, 0.1) is 4.83 Å². The molecule has 0 aliphatic rings. The van der Waals surface area contributed by atoms with E-state index in [0.29, 0.717) is 16.7 Å². The first-order chi connectivity index (χ1) is 8.91. The van der Waals surface area contributed by atoms with Gasteiger partial charge in [0.15, 0.2) is 0 Å². The molecule has 1 atom stereocenters. The number of hydrogen-bond donors (Lipinski definition) is 0. The Hall–Kier alpha value is -1.29. The predicted octanol–water partition coefficient (Wildman–Crippen LogP) is 5.21. The fourth-order valence-corrected chi connectivity index (χ4v) is 3.38. The Labute approximate surface area is 118 Å². The summed E-state index contributed by atoms with van der Waals surface area (Å²) in [6.07, 6.45) is 0. The molecule has 0 aromatic heterocycles. The van der Waals surface area contributed by atoms with Crippen LogP contribution < -0.4 is 0 Å². The molecule has 0 N–H and O–H groups in total. The van der Waals surface area contributed by atoms with Gasteiger partial charge in [-0.1, -0.05) is 22.0 Å². The minimum Gasteiger partial charge on any atom is -0.207 e. The van der Waals surface area contributed by atoms with Gasteiger partial charge >= 0.3 is 0 Å². The van der Waals surface area contributed by atoms with E-state index in [9.17, 15) is 13.2 Å². The standard InChI is InChI=1S/C15H12BrF3/c1-8-6-10(17)7-9(2)13(8)15(16)14-11(18)4-3-5-12(14)19/h3-7,15H,1-2H3. The summed E-state index contributed by atoms with van der Waals surface area (Å²) in [6, 6.07) is 6.45. The van der Waals surface area contributed by atoms with Crippen molar-refractivity contribution in [3.8, 4) is 0 Å². The highest BCUT2D eigenvalue weighted by Gasteiger charge is 2.22. The fraction of sp³-hybridized carbons (Fsp3) is 0.200. The molecule has 0 aliphatic carbocycles. The lowest BCUT2D eigenvalue weighted by Crippen LogP contribution is -2.05. The molecule has 2 aromatic carbocycles. The average molecular weight is 329 g/mol. The predicted molar refractivity (Wildman–Crippen MR) is 73.0 cm³/mol. The Morgan fingerprint density at radius 3 is 1.84 bits per heavy atom. The summed E-state index contributed by atoms with van der Waals surface area (Å²) >= 11 is 3.32. The van der Waals surface area contributed by atoms with Gasteiger partial charge in [-0.2, -0.15) is 0 Å². The molecule has 0 radical (unpaired) electrons. The average Bonchev–Trinajstić information content (AvgIpc) is 2.26. The van der Waals surface area contributed by atoms with E-state index < -0.39 is 16.5 Å². The Morgan fingerprint density at radius 1 is 0.895 bits per heavy atom. The molecule has 0 bridgehead atoms. The first-order valence-electron chi connectivity index (χ1n) is 5.76. The zero-order chi connectivity index (χ0) is 14.2. The maximum absolute atomic E-state index is 13.8. The lowest BCUT2D eigenvalue weighted by molar-refractivity contribution is 0.560. The van der Waals surface area contributed by atoms with Gasteiger partial charge in [0.1, 0.15) is 17.5 Å². The molecule has 0 spiro atoms. The lowest BCUT2D eigenvalue weighted by atomic mass is 9.95. The number of benzene rings is 2. The van der Waals surface area contributed by atoms with Crippen molar-refractivity contribution in [2.75, 3.05) is 0 Å². The molecule has 0 nitrogen and oxygen atoms in total. The van der Waals surface area contributed by atoms with Crippen LogP contribution in [0.25, 0.3) is 0 Å². The second-order valence-electron chi connectivity index (χ2n) is 4.45. The molecule has 2 aromatic rings. The van der Waals surface area contributed by atoms with E-state index in [1.807, 2.05) is 0 Å². The summed E-state index contributed by atoms with van der Waals surface area (Å²) in [5.41, 5.74) is 1.94. The zero-order valence-electron chi connectivity index (χ0n) is 10.5. The second-order valence-corrected chi connectivity index (χ2v) is 5.37. The van der Waals surface area contributed by atoms with Crippen LogP contribution in [0.15, 0.2) is 30.3 Å². The molecular weight excluding hydrogens is 317 g/mol. The van der Waals surface area contributed by atoms with Gasteiger partial charge in [-0.25, -0.2) is 13.2 Å². The van der Waals surface area contributed by atoms with Gasteiger partial charge in [0.25, 0.3) is 0 Å². The largest absolute Gasteiger partial charge is 0.207 e. The Kier molecular flexibility index (Phi) is 3.99. The first kappa shape index (κ1) is 14.1.